The van der Waals surface area contributed by atoms with E-state index < -0.39 is 0 Å². The topological polar surface area (TPSA) is 70.3 Å². The van der Waals surface area contributed by atoms with E-state index in [1.807, 2.05) is 32.0 Å². The summed E-state index contributed by atoms with van der Waals surface area (Å²) in [4.78, 5) is 7.98. The zero-order chi connectivity index (χ0) is 13.8. The summed E-state index contributed by atoms with van der Waals surface area (Å²) >= 11 is 3.44. The summed E-state index contributed by atoms with van der Waals surface area (Å²) < 4.78 is 11.8. The smallest absolute Gasteiger partial charge is 0.249 e. The molecule has 0 unspecified atom stereocenters. The molecule has 2 N–H and O–H groups in total. The summed E-state index contributed by atoms with van der Waals surface area (Å²) in [5.74, 6) is 1.25. The molecule has 0 aliphatic carbocycles. The number of anilines is 1. The van der Waals surface area contributed by atoms with Gasteiger partial charge in [0.25, 0.3) is 0 Å². The van der Waals surface area contributed by atoms with Gasteiger partial charge >= 0.3 is 0 Å². The fourth-order valence-electron chi connectivity index (χ4n) is 1.49. The highest BCUT2D eigenvalue weighted by Crippen LogP contribution is 2.34. The van der Waals surface area contributed by atoms with Crippen LogP contribution in [0.25, 0.3) is 0 Å². The van der Waals surface area contributed by atoms with Crippen molar-refractivity contribution in [3.05, 3.63) is 34.6 Å². The number of halogens is 1. The molecule has 0 bridgehead atoms. The van der Waals surface area contributed by atoms with E-state index in [1.54, 1.807) is 0 Å². The van der Waals surface area contributed by atoms with Crippen molar-refractivity contribution in [3.63, 3.8) is 0 Å². The highest BCUT2D eigenvalue weighted by molar-refractivity contribution is 9.10. The van der Waals surface area contributed by atoms with E-state index in [1.165, 1.54) is 6.33 Å². The van der Waals surface area contributed by atoms with Crippen molar-refractivity contribution >= 4 is 21.6 Å². The molecule has 0 saturated carbocycles. The standard InChI is InChI=1S/C13H14BrN3O2/c1-3-18-12-11(15)13(17-7-16-12)19-10-5-4-8(2)6-9(10)14/h4-7H,3,15H2,1-2H3. The largest absolute Gasteiger partial charge is 0.476 e. The Morgan fingerprint density at radius 1 is 1.26 bits per heavy atom. The lowest BCUT2D eigenvalue weighted by Crippen LogP contribution is -2.03. The molecule has 0 amide bonds. The van der Waals surface area contributed by atoms with Crippen LogP contribution < -0.4 is 15.2 Å². The Hall–Kier alpha value is -1.82. The Balaban J connectivity index is 2.30. The Morgan fingerprint density at radius 3 is 2.68 bits per heavy atom. The quantitative estimate of drug-likeness (QED) is 0.934. The van der Waals surface area contributed by atoms with Crippen molar-refractivity contribution in [3.8, 4) is 17.5 Å². The van der Waals surface area contributed by atoms with Crippen molar-refractivity contribution in [1.82, 2.24) is 9.97 Å². The van der Waals surface area contributed by atoms with E-state index in [0.717, 1.165) is 10.0 Å². The van der Waals surface area contributed by atoms with Crippen molar-refractivity contribution in [1.29, 1.82) is 0 Å². The zero-order valence-electron chi connectivity index (χ0n) is 10.7. The molecule has 1 aromatic heterocycles. The van der Waals surface area contributed by atoms with Gasteiger partial charge in [-0.1, -0.05) is 6.07 Å². The summed E-state index contributed by atoms with van der Waals surface area (Å²) in [6.45, 7) is 4.34. The summed E-state index contributed by atoms with van der Waals surface area (Å²) in [6.07, 6.45) is 1.36. The Labute approximate surface area is 119 Å². The number of benzene rings is 1. The highest BCUT2D eigenvalue weighted by Gasteiger charge is 2.12. The van der Waals surface area contributed by atoms with Gasteiger partial charge in [-0.3, -0.25) is 0 Å². The highest BCUT2D eigenvalue weighted by atomic mass is 79.9. The maximum atomic E-state index is 5.91. The first-order valence-electron chi connectivity index (χ1n) is 5.79. The number of nitrogens with zero attached hydrogens (tertiary/aromatic N) is 2. The van der Waals surface area contributed by atoms with Crippen LogP contribution in [0.4, 0.5) is 5.69 Å². The summed E-state index contributed by atoms with van der Waals surface area (Å²) in [6, 6.07) is 5.75. The first kappa shape index (κ1) is 13.6. The molecule has 0 radical (unpaired) electrons. The molecular formula is C13H14BrN3O2. The molecule has 2 rings (SSSR count). The van der Waals surface area contributed by atoms with Gasteiger partial charge in [-0.05, 0) is 47.5 Å². The van der Waals surface area contributed by atoms with Gasteiger partial charge in [0.05, 0.1) is 11.1 Å². The third kappa shape index (κ3) is 3.14. The van der Waals surface area contributed by atoms with Gasteiger partial charge in [0, 0.05) is 0 Å². The van der Waals surface area contributed by atoms with Gasteiger partial charge in [-0.15, -0.1) is 0 Å². The van der Waals surface area contributed by atoms with E-state index in [9.17, 15) is 0 Å². The lowest BCUT2D eigenvalue weighted by Gasteiger charge is -2.11. The summed E-state index contributed by atoms with van der Waals surface area (Å²) in [7, 11) is 0. The summed E-state index contributed by atoms with van der Waals surface area (Å²) in [5.41, 5.74) is 7.33. The molecule has 0 spiro atoms. The number of hydrogen-bond acceptors (Lipinski definition) is 5. The molecule has 1 heterocycles. The molecule has 0 saturated heterocycles. The average molecular weight is 324 g/mol. The first-order valence-corrected chi connectivity index (χ1v) is 6.58. The minimum Gasteiger partial charge on any atom is -0.476 e. The van der Waals surface area contributed by atoms with Crippen molar-refractivity contribution in [2.75, 3.05) is 12.3 Å². The molecule has 0 aliphatic heterocycles. The third-order valence-corrected chi connectivity index (χ3v) is 3.01. The van der Waals surface area contributed by atoms with Gasteiger partial charge in [0.2, 0.25) is 11.8 Å². The maximum Gasteiger partial charge on any atom is 0.249 e. The number of nitrogens with two attached hydrogens (primary N) is 1. The second kappa shape index (κ2) is 5.88. The van der Waals surface area contributed by atoms with Gasteiger partial charge < -0.3 is 15.2 Å². The molecule has 0 atom stereocenters. The second-order valence-electron chi connectivity index (χ2n) is 3.87. The monoisotopic (exact) mass is 323 g/mol. The van der Waals surface area contributed by atoms with Gasteiger partial charge in [0.1, 0.15) is 12.1 Å². The third-order valence-electron chi connectivity index (χ3n) is 2.39. The van der Waals surface area contributed by atoms with Crippen molar-refractivity contribution < 1.29 is 9.47 Å². The second-order valence-corrected chi connectivity index (χ2v) is 4.72. The first-order chi connectivity index (χ1) is 9.11. The van der Waals surface area contributed by atoms with E-state index in [0.29, 0.717) is 18.2 Å². The van der Waals surface area contributed by atoms with Crippen molar-refractivity contribution in [2.45, 2.75) is 13.8 Å². The number of rotatable bonds is 4. The van der Waals surface area contributed by atoms with E-state index >= 15 is 0 Å². The minimum atomic E-state index is 0.281. The van der Waals surface area contributed by atoms with Gasteiger partial charge in [0.15, 0.2) is 5.69 Å². The van der Waals surface area contributed by atoms with Gasteiger partial charge in [-0.2, -0.15) is 9.97 Å². The molecule has 6 heteroatoms. The van der Waals surface area contributed by atoms with E-state index in [4.69, 9.17) is 15.2 Å². The van der Waals surface area contributed by atoms with Crippen LogP contribution in [0.15, 0.2) is 29.0 Å². The Bertz CT molecular complexity index is 590. The lowest BCUT2D eigenvalue weighted by atomic mass is 10.2. The maximum absolute atomic E-state index is 5.91. The fraction of sp³-hybridized carbons (Fsp3) is 0.231. The zero-order valence-corrected chi connectivity index (χ0v) is 12.3. The SMILES string of the molecule is CCOc1ncnc(Oc2ccc(C)cc2Br)c1N. The Morgan fingerprint density at radius 2 is 2.00 bits per heavy atom. The molecule has 2 aromatic rings. The van der Waals surface area contributed by atoms with E-state index in [2.05, 4.69) is 25.9 Å². The molecule has 0 aliphatic rings. The fourth-order valence-corrected chi connectivity index (χ4v) is 2.06. The predicted molar refractivity (Wildman–Crippen MR) is 76.6 cm³/mol. The summed E-state index contributed by atoms with van der Waals surface area (Å²) in [5, 5.41) is 0. The van der Waals surface area contributed by atoms with Crippen LogP contribution in [-0.2, 0) is 0 Å². The van der Waals surface area contributed by atoms with Gasteiger partial charge in [-0.25, -0.2) is 0 Å². The van der Waals surface area contributed by atoms with Crippen LogP contribution in [0.1, 0.15) is 12.5 Å². The van der Waals surface area contributed by atoms with Crippen LogP contribution >= 0.6 is 15.9 Å². The number of hydrogen-bond donors (Lipinski definition) is 1. The number of aryl methyl sites for hydroxylation is 1. The molecule has 1 aromatic carbocycles. The lowest BCUT2D eigenvalue weighted by molar-refractivity contribution is 0.325. The minimum absolute atomic E-state index is 0.281. The van der Waals surface area contributed by atoms with Crippen LogP contribution in [0.5, 0.6) is 17.5 Å². The normalized spacial score (nSPS) is 10.3. The van der Waals surface area contributed by atoms with Crippen LogP contribution in [0.2, 0.25) is 0 Å². The van der Waals surface area contributed by atoms with Crippen LogP contribution in [-0.4, -0.2) is 16.6 Å². The number of ether oxygens (including phenoxy) is 2. The molecule has 5 nitrogen and oxygen atoms in total. The Kier molecular flexibility index (Phi) is 4.21. The van der Waals surface area contributed by atoms with Crippen molar-refractivity contribution in [2.24, 2.45) is 0 Å². The molecule has 0 fully saturated rings. The van der Waals surface area contributed by atoms with Crippen LogP contribution in [0.3, 0.4) is 0 Å². The molecule has 100 valence electrons. The van der Waals surface area contributed by atoms with Crippen LogP contribution in [0, 0.1) is 6.92 Å². The number of aromatic nitrogens is 2. The molecular weight excluding hydrogens is 310 g/mol. The molecule has 19 heavy (non-hydrogen) atoms. The average Bonchev–Trinajstić information content (AvgIpc) is 2.37. The number of nitrogen functional groups attached to an aromatic ring is 1. The van der Waals surface area contributed by atoms with E-state index in [-0.39, 0.29) is 11.6 Å². The predicted octanol–water partition coefficient (Wildman–Crippen LogP) is 3.32.